The fraction of sp³-hybridized carbons (Fsp3) is 0.692. The number of hydrogen-bond donors (Lipinski definition) is 0. The number of fused-ring (bicyclic) bond motifs is 2. The van der Waals surface area contributed by atoms with E-state index < -0.39 is 0 Å². The molecule has 62 heavy (non-hydrogen) atoms. The molecule has 8 rings (SSSR count). The molecule has 1 aromatic carbocycles. The van der Waals surface area contributed by atoms with Gasteiger partial charge in [-0.1, -0.05) is 58.8 Å². The van der Waals surface area contributed by atoms with E-state index in [-0.39, 0.29) is 17.9 Å². The maximum absolute atomic E-state index is 14.4. The van der Waals surface area contributed by atoms with Crippen LogP contribution >= 0.6 is 0 Å². The molecule has 0 aliphatic heterocycles. The Bertz CT molecular complexity index is 2170. The lowest BCUT2D eigenvalue weighted by Gasteiger charge is -2.45. The highest BCUT2D eigenvalue weighted by Gasteiger charge is 2.40. The van der Waals surface area contributed by atoms with Crippen LogP contribution in [0, 0.1) is 35.0 Å². The minimum Gasteiger partial charge on any atom is -0.340 e. The molecule has 4 aliphatic rings. The molecule has 5 atom stereocenters. The van der Waals surface area contributed by atoms with Gasteiger partial charge in [0.15, 0.2) is 0 Å². The zero-order chi connectivity index (χ0) is 43.2. The van der Waals surface area contributed by atoms with E-state index in [0.717, 1.165) is 97.7 Å². The van der Waals surface area contributed by atoms with Crippen molar-refractivity contribution in [1.82, 2.24) is 33.9 Å². The summed E-state index contributed by atoms with van der Waals surface area (Å²) in [6.07, 6.45) is 25.8. The minimum atomic E-state index is 0.240. The highest BCUT2D eigenvalue weighted by Crippen LogP contribution is 2.48. The van der Waals surface area contributed by atoms with Crippen LogP contribution in [0.25, 0.3) is 22.1 Å². The van der Waals surface area contributed by atoms with E-state index in [1.807, 2.05) is 36.7 Å². The van der Waals surface area contributed by atoms with Crippen LogP contribution in [0.2, 0.25) is 0 Å². The number of imidazole rings is 2. The third-order valence-electron chi connectivity index (χ3n) is 16.4. The van der Waals surface area contributed by atoms with Gasteiger partial charge in [0, 0.05) is 69.1 Å². The molecule has 3 aromatic heterocycles. The highest BCUT2D eigenvalue weighted by atomic mass is 16.2. The molecule has 0 radical (unpaired) electrons. The average molecular weight is 843 g/mol. The van der Waals surface area contributed by atoms with Crippen molar-refractivity contribution in [2.75, 3.05) is 13.1 Å². The molecule has 334 valence electrons. The summed E-state index contributed by atoms with van der Waals surface area (Å²) in [6, 6.07) is 10.9. The van der Waals surface area contributed by atoms with Crippen LogP contribution in [-0.4, -0.2) is 70.9 Å². The number of nitrogens with zero attached hydrogens (tertiary/aromatic N) is 8. The Kier molecular flexibility index (Phi) is 14.7. The summed E-state index contributed by atoms with van der Waals surface area (Å²) in [5.41, 5.74) is 4.58. The van der Waals surface area contributed by atoms with Crippen LogP contribution in [0.5, 0.6) is 0 Å². The molecular weight excluding hydrogens is 769 g/mol. The molecule has 4 aromatic rings. The van der Waals surface area contributed by atoms with Crippen LogP contribution in [0.15, 0.2) is 36.7 Å². The van der Waals surface area contributed by atoms with Crippen molar-refractivity contribution < 1.29 is 9.59 Å². The largest absolute Gasteiger partial charge is 0.340 e. The van der Waals surface area contributed by atoms with E-state index in [1.165, 1.54) is 70.6 Å². The van der Waals surface area contributed by atoms with Crippen LogP contribution in [0.1, 0.15) is 185 Å². The number of carbonyl (C=O) groups excluding carboxylic acids is 2. The highest BCUT2D eigenvalue weighted by molar-refractivity contribution is 5.80. The van der Waals surface area contributed by atoms with Gasteiger partial charge < -0.3 is 18.9 Å². The average Bonchev–Trinajstić information content (AvgIpc) is 3.88. The number of hydrogen-bond acceptors (Lipinski definition) is 6. The summed E-state index contributed by atoms with van der Waals surface area (Å²) in [7, 11) is 0. The molecule has 2 amide bonds. The molecule has 3 unspecified atom stereocenters. The van der Waals surface area contributed by atoms with Crippen molar-refractivity contribution in [2.24, 2.45) is 23.7 Å². The molecule has 0 N–H and O–H groups in total. The summed E-state index contributed by atoms with van der Waals surface area (Å²) < 4.78 is 4.66. The van der Waals surface area contributed by atoms with E-state index in [1.54, 1.807) is 0 Å². The van der Waals surface area contributed by atoms with E-state index in [4.69, 9.17) is 9.97 Å². The van der Waals surface area contributed by atoms with E-state index in [0.29, 0.717) is 67.1 Å². The molecule has 4 aliphatic carbocycles. The van der Waals surface area contributed by atoms with Crippen LogP contribution in [0.3, 0.4) is 0 Å². The second-order valence-corrected chi connectivity index (χ2v) is 19.6. The fourth-order valence-electron chi connectivity index (χ4n) is 13.0. The lowest BCUT2D eigenvalue weighted by molar-refractivity contribution is -0.135. The molecule has 4 fully saturated rings. The van der Waals surface area contributed by atoms with Gasteiger partial charge in [0.1, 0.15) is 11.6 Å². The van der Waals surface area contributed by atoms with E-state index in [9.17, 15) is 14.9 Å². The van der Waals surface area contributed by atoms with Gasteiger partial charge in [0.25, 0.3) is 0 Å². The number of rotatable bonds is 15. The molecule has 4 saturated carbocycles. The Balaban J connectivity index is 0.971. The normalized spacial score (nSPS) is 26.1. The zero-order valence-corrected chi connectivity index (χ0v) is 38.4. The van der Waals surface area contributed by atoms with Crippen molar-refractivity contribution in [3.8, 4) is 6.07 Å². The fourth-order valence-corrected chi connectivity index (χ4v) is 13.0. The van der Waals surface area contributed by atoms with Crippen molar-refractivity contribution >= 4 is 33.9 Å². The lowest BCUT2D eigenvalue weighted by Crippen LogP contribution is -2.45. The van der Waals surface area contributed by atoms with Gasteiger partial charge in [-0.05, 0) is 132 Å². The van der Waals surface area contributed by atoms with Crippen molar-refractivity contribution in [3.63, 3.8) is 0 Å². The number of carbonyl (C=O) groups is 2. The van der Waals surface area contributed by atoms with Gasteiger partial charge in [-0.25, -0.2) is 9.97 Å². The number of nitriles is 1. The topological polar surface area (TPSA) is 113 Å². The second kappa shape index (κ2) is 20.5. The number of pyridine rings is 1. The monoisotopic (exact) mass is 843 g/mol. The van der Waals surface area contributed by atoms with E-state index >= 15 is 0 Å². The molecule has 3 heterocycles. The quantitative estimate of drug-likeness (QED) is 0.118. The van der Waals surface area contributed by atoms with Gasteiger partial charge in [-0.15, -0.1) is 0 Å². The zero-order valence-electron chi connectivity index (χ0n) is 38.4. The summed E-state index contributed by atoms with van der Waals surface area (Å²) in [5, 5.41) is 9.87. The lowest BCUT2D eigenvalue weighted by atomic mass is 9.63. The van der Waals surface area contributed by atoms with Crippen molar-refractivity contribution in [3.05, 3.63) is 53.9 Å². The Morgan fingerprint density at radius 2 is 1.34 bits per heavy atom. The maximum Gasteiger partial charge on any atom is 0.224 e. The Morgan fingerprint density at radius 3 is 2.02 bits per heavy atom. The van der Waals surface area contributed by atoms with Gasteiger partial charge in [-0.2, -0.15) is 5.26 Å². The molecule has 0 saturated heterocycles. The summed E-state index contributed by atoms with van der Waals surface area (Å²) >= 11 is 0. The maximum atomic E-state index is 14.4. The first-order chi connectivity index (χ1) is 30.3. The molecule has 10 heteroatoms. The second-order valence-electron chi connectivity index (χ2n) is 19.6. The van der Waals surface area contributed by atoms with Gasteiger partial charge in [0.2, 0.25) is 11.8 Å². The summed E-state index contributed by atoms with van der Waals surface area (Å²) in [6.45, 7) is 11.7. The van der Waals surface area contributed by atoms with Crippen molar-refractivity contribution in [2.45, 2.75) is 193 Å². The molecule has 0 spiro atoms. The summed E-state index contributed by atoms with van der Waals surface area (Å²) in [5.74, 6) is 6.12. The first-order valence-electron chi connectivity index (χ1n) is 25.1. The predicted molar refractivity (Wildman–Crippen MR) is 247 cm³/mol. The molecule has 10 nitrogen and oxygen atoms in total. The smallest absolute Gasteiger partial charge is 0.224 e. The Labute approximate surface area is 371 Å². The number of amides is 2. The third kappa shape index (κ3) is 9.48. The molecular formula is C52H74N8O2. The van der Waals surface area contributed by atoms with Crippen LogP contribution < -0.4 is 0 Å². The molecule has 0 bridgehead atoms. The number of aromatic nitrogens is 5. The van der Waals surface area contributed by atoms with Gasteiger partial charge in [-0.3, -0.25) is 14.6 Å². The van der Waals surface area contributed by atoms with Gasteiger partial charge in [0.05, 0.1) is 39.9 Å². The van der Waals surface area contributed by atoms with Crippen molar-refractivity contribution in [1.29, 1.82) is 5.26 Å². The van der Waals surface area contributed by atoms with E-state index in [2.05, 4.69) is 57.7 Å². The standard InChI is InChI=1S/C52H74N8O2/c1-5-36-17-20-39(21-18-36)51-56-46-25-28-54-35-48(46)60(51)30-27-50(62)58(8-4)43-16-12-13-40(32-43)44-33-41(23-22-38(44)6-2)52-55-45-24-19-37(34-53)31-47(45)59(52)29-26-49(61)57(7-3)42-14-10-9-11-15-42/h19,24-25,28,31,35-36,38-44H,5-18,20-23,26-27,29-30,32-33H2,1-4H3/t36?,38-,39?,40?,41-,43?,44?/m0/s1. The third-order valence-corrected chi connectivity index (χ3v) is 16.4. The minimum absolute atomic E-state index is 0.240. The van der Waals surface area contributed by atoms with Gasteiger partial charge >= 0.3 is 0 Å². The first kappa shape index (κ1) is 44.4. The number of aryl methyl sites for hydroxylation is 2. The first-order valence-corrected chi connectivity index (χ1v) is 25.1. The Hall–Kier alpha value is -4.26. The summed E-state index contributed by atoms with van der Waals surface area (Å²) in [4.78, 5) is 47.6. The number of benzene rings is 1. The van der Waals surface area contributed by atoms with Crippen LogP contribution in [-0.2, 0) is 22.7 Å². The van der Waals surface area contributed by atoms with Crippen LogP contribution in [0.4, 0.5) is 0 Å². The predicted octanol–water partition coefficient (Wildman–Crippen LogP) is 11.3. The Morgan fingerprint density at radius 1 is 0.694 bits per heavy atom. The SMILES string of the molecule is CCC1CCC(c2nc3ccncc3n2CCC(=O)N(CC)C2CCCC(C3C[C@@H](c4nc5ccc(C#N)cc5n4CCC(=O)N(CC)C4CCCCC4)CC[C@@H]3CC)C2)CC1.